The Hall–Kier alpha value is -3.69. The molecule has 0 radical (unpaired) electrons. The molecule has 0 saturated carbocycles. The Kier molecular flexibility index (Phi) is 5.71. The normalized spacial score (nSPS) is 12.7. The standard InChI is InChI=1S/C24H18F6N4/c1-22(2,20-13-14-34(33-20)16-11-9-15(10-12-16)23(25,26)27)19-7-3-5-17(31-19)18-6-4-8-21(32-18)24(28,29)30/h3-14H,1-2H3. The molecule has 0 atom stereocenters. The second-order valence-electron chi connectivity index (χ2n) is 8.13. The fraction of sp³-hybridized carbons (Fsp3) is 0.208. The second kappa shape index (κ2) is 8.27. The van der Waals surface area contributed by atoms with Gasteiger partial charge in [0.05, 0.1) is 39.4 Å². The number of nitrogens with zero attached hydrogens (tertiary/aromatic N) is 4. The number of alkyl halides is 6. The van der Waals surface area contributed by atoms with Gasteiger partial charge in [0.25, 0.3) is 0 Å². The first-order chi connectivity index (χ1) is 15.9. The van der Waals surface area contributed by atoms with Gasteiger partial charge >= 0.3 is 12.4 Å². The summed E-state index contributed by atoms with van der Waals surface area (Å²) in [4.78, 5) is 8.22. The molecule has 4 nitrogen and oxygen atoms in total. The monoisotopic (exact) mass is 476 g/mol. The van der Waals surface area contributed by atoms with E-state index >= 15 is 0 Å². The molecular weight excluding hydrogens is 458 g/mol. The maximum absolute atomic E-state index is 13.0. The van der Waals surface area contributed by atoms with Crippen molar-refractivity contribution in [3.8, 4) is 17.1 Å². The van der Waals surface area contributed by atoms with Crippen LogP contribution in [0.4, 0.5) is 26.3 Å². The molecule has 0 saturated heterocycles. The van der Waals surface area contributed by atoms with Gasteiger partial charge in [-0.05, 0) is 68.4 Å². The van der Waals surface area contributed by atoms with E-state index in [9.17, 15) is 26.3 Å². The van der Waals surface area contributed by atoms with Gasteiger partial charge in [0.1, 0.15) is 5.69 Å². The molecule has 0 aliphatic heterocycles. The molecule has 3 heterocycles. The van der Waals surface area contributed by atoms with Crippen LogP contribution < -0.4 is 0 Å². The number of halogens is 6. The van der Waals surface area contributed by atoms with Crippen LogP contribution >= 0.6 is 0 Å². The van der Waals surface area contributed by atoms with E-state index in [2.05, 4.69) is 15.1 Å². The van der Waals surface area contributed by atoms with Crippen LogP contribution in [0, 0.1) is 0 Å². The zero-order valence-corrected chi connectivity index (χ0v) is 18.0. The molecule has 0 unspecified atom stereocenters. The van der Waals surface area contributed by atoms with Crippen molar-refractivity contribution in [3.05, 3.63) is 95.6 Å². The maximum Gasteiger partial charge on any atom is 0.433 e. The molecule has 0 bridgehead atoms. The van der Waals surface area contributed by atoms with Crippen LogP contribution in [0.25, 0.3) is 17.1 Å². The van der Waals surface area contributed by atoms with Crippen LogP contribution in [0.5, 0.6) is 0 Å². The van der Waals surface area contributed by atoms with Gasteiger partial charge in [0, 0.05) is 6.20 Å². The zero-order chi connectivity index (χ0) is 24.7. The third-order valence-corrected chi connectivity index (χ3v) is 5.38. The molecule has 34 heavy (non-hydrogen) atoms. The van der Waals surface area contributed by atoms with Gasteiger partial charge in [-0.15, -0.1) is 0 Å². The average Bonchev–Trinajstić information content (AvgIpc) is 3.29. The highest BCUT2D eigenvalue weighted by atomic mass is 19.4. The number of benzene rings is 1. The van der Waals surface area contributed by atoms with Crippen LogP contribution in [0.1, 0.15) is 36.5 Å². The molecule has 0 fully saturated rings. The van der Waals surface area contributed by atoms with Gasteiger partial charge in [0.2, 0.25) is 0 Å². The molecule has 0 aliphatic carbocycles. The fourth-order valence-corrected chi connectivity index (χ4v) is 3.40. The molecule has 0 aliphatic rings. The fourth-order valence-electron chi connectivity index (χ4n) is 3.40. The molecule has 0 N–H and O–H groups in total. The van der Waals surface area contributed by atoms with E-state index in [4.69, 9.17) is 0 Å². The summed E-state index contributed by atoms with van der Waals surface area (Å²) in [5.74, 6) is 0. The summed E-state index contributed by atoms with van der Waals surface area (Å²) >= 11 is 0. The van der Waals surface area contributed by atoms with Crippen LogP contribution in [-0.2, 0) is 17.8 Å². The predicted octanol–water partition coefficient (Wildman–Crippen LogP) is 6.69. The van der Waals surface area contributed by atoms with E-state index in [1.165, 1.54) is 28.9 Å². The Morgan fingerprint density at radius 3 is 1.74 bits per heavy atom. The van der Waals surface area contributed by atoms with Gasteiger partial charge in [0.15, 0.2) is 0 Å². The number of pyridine rings is 2. The molecule has 4 aromatic rings. The summed E-state index contributed by atoms with van der Waals surface area (Å²) in [7, 11) is 0. The molecule has 1 aromatic carbocycles. The molecule has 176 valence electrons. The quantitative estimate of drug-likeness (QED) is 0.308. The van der Waals surface area contributed by atoms with E-state index in [0.717, 1.165) is 18.2 Å². The van der Waals surface area contributed by atoms with Crippen LogP contribution in [0.2, 0.25) is 0 Å². The summed E-state index contributed by atoms with van der Waals surface area (Å²) in [5, 5.41) is 4.50. The SMILES string of the molecule is CC(C)(c1cccc(-c2cccc(C(F)(F)F)n2)n1)c1ccn(-c2ccc(C(F)(F)F)cc2)n1. The first-order valence-electron chi connectivity index (χ1n) is 10.1. The number of rotatable bonds is 4. The smallest absolute Gasteiger partial charge is 0.250 e. The summed E-state index contributed by atoms with van der Waals surface area (Å²) in [5.41, 5.74) is -0.586. The lowest BCUT2D eigenvalue weighted by Gasteiger charge is -2.22. The summed E-state index contributed by atoms with van der Waals surface area (Å²) in [6.07, 6.45) is -7.38. The zero-order valence-electron chi connectivity index (χ0n) is 18.0. The molecule has 3 aromatic heterocycles. The largest absolute Gasteiger partial charge is 0.433 e. The molecule has 0 amide bonds. The Morgan fingerprint density at radius 1 is 0.618 bits per heavy atom. The summed E-state index contributed by atoms with van der Waals surface area (Å²) < 4.78 is 79.0. The summed E-state index contributed by atoms with van der Waals surface area (Å²) in [6.45, 7) is 3.69. The van der Waals surface area contributed by atoms with Gasteiger partial charge in [-0.1, -0.05) is 12.1 Å². The van der Waals surface area contributed by atoms with Crippen molar-refractivity contribution >= 4 is 0 Å². The number of hydrogen-bond donors (Lipinski definition) is 0. The van der Waals surface area contributed by atoms with Crippen molar-refractivity contribution in [2.24, 2.45) is 0 Å². The highest BCUT2D eigenvalue weighted by Gasteiger charge is 2.33. The van der Waals surface area contributed by atoms with Crippen molar-refractivity contribution in [3.63, 3.8) is 0 Å². The number of aromatic nitrogens is 4. The van der Waals surface area contributed by atoms with E-state index in [-0.39, 0.29) is 11.4 Å². The highest BCUT2D eigenvalue weighted by Crippen LogP contribution is 2.33. The highest BCUT2D eigenvalue weighted by molar-refractivity contribution is 5.55. The summed E-state index contributed by atoms with van der Waals surface area (Å²) in [6, 6.07) is 14.9. The average molecular weight is 476 g/mol. The van der Waals surface area contributed by atoms with Gasteiger partial charge < -0.3 is 0 Å². The van der Waals surface area contributed by atoms with Crippen molar-refractivity contribution in [2.75, 3.05) is 0 Å². The number of hydrogen-bond acceptors (Lipinski definition) is 3. The molecular formula is C24H18F6N4. The minimum Gasteiger partial charge on any atom is -0.250 e. The Bertz CT molecular complexity index is 1300. The second-order valence-corrected chi connectivity index (χ2v) is 8.13. The third kappa shape index (κ3) is 4.66. The lowest BCUT2D eigenvalue weighted by Crippen LogP contribution is -2.22. The molecule has 10 heteroatoms. The van der Waals surface area contributed by atoms with Crippen molar-refractivity contribution in [1.29, 1.82) is 0 Å². The Labute approximate surface area is 190 Å². The Balaban J connectivity index is 1.64. The van der Waals surface area contributed by atoms with E-state index in [1.54, 1.807) is 30.5 Å². The lowest BCUT2D eigenvalue weighted by atomic mass is 9.85. The predicted molar refractivity (Wildman–Crippen MR) is 113 cm³/mol. The Morgan fingerprint density at radius 2 is 1.18 bits per heavy atom. The topological polar surface area (TPSA) is 43.6 Å². The van der Waals surface area contributed by atoms with Crippen molar-refractivity contribution in [2.45, 2.75) is 31.6 Å². The van der Waals surface area contributed by atoms with Crippen LogP contribution in [-0.4, -0.2) is 19.7 Å². The van der Waals surface area contributed by atoms with Crippen LogP contribution in [0.3, 0.4) is 0 Å². The van der Waals surface area contributed by atoms with Crippen molar-refractivity contribution < 1.29 is 26.3 Å². The minimum atomic E-state index is -4.57. The van der Waals surface area contributed by atoms with Gasteiger partial charge in [-0.25, -0.2) is 9.67 Å². The molecule has 4 rings (SSSR count). The lowest BCUT2D eigenvalue weighted by molar-refractivity contribution is -0.141. The third-order valence-electron chi connectivity index (χ3n) is 5.38. The minimum absolute atomic E-state index is 0.0859. The van der Waals surface area contributed by atoms with E-state index in [0.29, 0.717) is 17.1 Å². The molecule has 0 spiro atoms. The van der Waals surface area contributed by atoms with Crippen molar-refractivity contribution in [1.82, 2.24) is 19.7 Å². The van der Waals surface area contributed by atoms with Gasteiger partial charge in [-0.3, -0.25) is 4.98 Å². The first-order valence-corrected chi connectivity index (χ1v) is 10.1. The van der Waals surface area contributed by atoms with E-state index < -0.39 is 29.0 Å². The maximum atomic E-state index is 13.0. The van der Waals surface area contributed by atoms with E-state index in [1.807, 2.05) is 13.8 Å². The van der Waals surface area contributed by atoms with Gasteiger partial charge in [-0.2, -0.15) is 31.4 Å². The first kappa shape index (κ1) is 23.5. The van der Waals surface area contributed by atoms with Crippen LogP contribution in [0.15, 0.2) is 72.9 Å².